The van der Waals surface area contributed by atoms with E-state index in [1.54, 1.807) is 0 Å². The van der Waals surface area contributed by atoms with Crippen molar-refractivity contribution in [2.45, 2.75) is 38.2 Å². The lowest BCUT2D eigenvalue weighted by atomic mass is 9.98. The summed E-state index contributed by atoms with van der Waals surface area (Å²) in [6.45, 7) is 1.83. The van der Waals surface area contributed by atoms with Crippen LogP contribution in [-0.4, -0.2) is 36.2 Å². The first-order valence-electron chi connectivity index (χ1n) is 10.2. The minimum atomic E-state index is 0.263. The first kappa shape index (κ1) is 18.7. The van der Waals surface area contributed by atoms with Gasteiger partial charge >= 0.3 is 0 Å². The van der Waals surface area contributed by atoms with Crippen LogP contribution in [0.4, 0.5) is 5.69 Å². The van der Waals surface area contributed by atoms with Crippen LogP contribution in [0.2, 0.25) is 0 Å². The molecule has 0 atom stereocenters. The van der Waals surface area contributed by atoms with Crippen LogP contribution in [0.25, 0.3) is 22.2 Å². The number of ether oxygens (including phenoxy) is 1. The number of fused-ring (bicyclic) bond motifs is 1. The normalized spacial score (nSPS) is 14.9. The summed E-state index contributed by atoms with van der Waals surface area (Å²) < 4.78 is 6.35. The highest BCUT2D eigenvalue weighted by atomic mass is 16.5. The van der Waals surface area contributed by atoms with Crippen LogP contribution < -0.4 is 15.4 Å². The molecule has 1 saturated carbocycles. The highest BCUT2D eigenvalue weighted by molar-refractivity contribution is 5.87. The predicted octanol–water partition coefficient (Wildman–Crippen LogP) is 4.64. The van der Waals surface area contributed by atoms with Crippen molar-refractivity contribution in [2.75, 3.05) is 25.5 Å². The van der Waals surface area contributed by atoms with E-state index in [2.05, 4.69) is 39.9 Å². The number of anilines is 1. The third kappa shape index (κ3) is 4.42. The molecule has 0 saturated heterocycles. The second-order valence-corrected chi connectivity index (χ2v) is 7.37. The van der Waals surface area contributed by atoms with E-state index in [1.807, 2.05) is 31.4 Å². The van der Waals surface area contributed by atoms with E-state index in [4.69, 9.17) is 9.72 Å². The van der Waals surface area contributed by atoms with Gasteiger partial charge in [0.15, 0.2) is 0 Å². The molecule has 1 aliphatic rings. The lowest BCUT2D eigenvalue weighted by molar-refractivity contribution is 0.151. The Labute approximate surface area is 166 Å². The van der Waals surface area contributed by atoms with Gasteiger partial charge in [0.2, 0.25) is 5.88 Å². The molecule has 2 heterocycles. The Balaban J connectivity index is 1.61. The van der Waals surface area contributed by atoms with Crippen LogP contribution in [0.1, 0.15) is 32.1 Å². The van der Waals surface area contributed by atoms with Gasteiger partial charge in [0.25, 0.3) is 0 Å². The van der Waals surface area contributed by atoms with Gasteiger partial charge in [-0.05, 0) is 63.1 Å². The Morgan fingerprint density at radius 2 is 1.86 bits per heavy atom. The van der Waals surface area contributed by atoms with Gasteiger partial charge in [-0.25, -0.2) is 4.98 Å². The number of hydrogen-bond donors (Lipinski definition) is 2. The lowest BCUT2D eigenvalue weighted by Gasteiger charge is -2.23. The van der Waals surface area contributed by atoms with Crippen LogP contribution >= 0.6 is 0 Å². The van der Waals surface area contributed by atoms with Gasteiger partial charge in [-0.15, -0.1) is 0 Å². The molecule has 0 aliphatic heterocycles. The second-order valence-electron chi connectivity index (χ2n) is 7.37. The summed E-state index contributed by atoms with van der Waals surface area (Å²) in [6, 6.07) is 14.4. The zero-order chi connectivity index (χ0) is 19.2. The minimum absolute atomic E-state index is 0.263. The summed E-state index contributed by atoms with van der Waals surface area (Å²) in [5, 5.41) is 7.53. The topological polar surface area (TPSA) is 59.1 Å². The van der Waals surface area contributed by atoms with E-state index in [9.17, 15) is 0 Å². The van der Waals surface area contributed by atoms with Gasteiger partial charge in [0.05, 0.1) is 16.6 Å². The first-order valence-corrected chi connectivity index (χ1v) is 10.2. The highest BCUT2D eigenvalue weighted by Crippen LogP contribution is 2.31. The van der Waals surface area contributed by atoms with Gasteiger partial charge in [0.1, 0.15) is 6.10 Å². The standard InChI is InChI=1S/C23H28N4O/c1-24-14-15-25-18-11-9-17(10-12-18)21-16-22-20(8-5-13-26-22)23(27-21)28-19-6-3-2-4-7-19/h5,8-13,16,19,24-25H,2-4,6-7,14-15H2,1H3. The SMILES string of the molecule is CNCCNc1ccc(-c2cc3ncccc3c(OC3CCCCC3)n2)cc1. The fourth-order valence-corrected chi connectivity index (χ4v) is 3.71. The van der Waals surface area contributed by atoms with Crippen LogP contribution in [0.5, 0.6) is 5.88 Å². The monoisotopic (exact) mass is 376 g/mol. The number of pyridine rings is 2. The number of aromatic nitrogens is 2. The maximum Gasteiger partial charge on any atom is 0.223 e. The molecule has 2 aromatic heterocycles. The molecule has 0 amide bonds. The van der Waals surface area contributed by atoms with Crippen LogP contribution in [0.15, 0.2) is 48.7 Å². The Bertz CT molecular complexity index is 904. The van der Waals surface area contributed by atoms with E-state index in [1.165, 1.54) is 19.3 Å². The number of rotatable bonds is 7. The van der Waals surface area contributed by atoms with Crippen molar-refractivity contribution < 1.29 is 4.74 Å². The van der Waals surface area contributed by atoms with Crippen LogP contribution in [0.3, 0.4) is 0 Å². The van der Waals surface area contributed by atoms with Crippen molar-refractivity contribution in [2.24, 2.45) is 0 Å². The molecule has 5 heteroatoms. The summed E-state index contributed by atoms with van der Waals surface area (Å²) in [4.78, 5) is 9.43. The van der Waals surface area contributed by atoms with Crippen molar-refractivity contribution in [3.8, 4) is 17.1 Å². The Morgan fingerprint density at radius 1 is 1.04 bits per heavy atom. The molecule has 3 aromatic rings. The predicted molar refractivity (Wildman–Crippen MR) is 115 cm³/mol. The molecule has 28 heavy (non-hydrogen) atoms. The molecular formula is C23H28N4O. The Morgan fingerprint density at radius 3 is 2.64 bits per heavy atom. The van der Waals surface area contributed by atoms with E-state index in [0.29, 0.717) is 5.88 Å². The summed E-state index contributed by atoms with van der Waals surface area (Å²) in [5.41, 5.74) is 4.00. The van der Waals surface area contributed by atoms with Gasteiger partial charge in [-0.3, -0.25) is 4.98 Å². The maximum absolute atomic E-state index is 6.35. The molecule has 0 radical (unpaired) electrons. The average molecular weight is 377 g/mol. The summed E-state index contributed by atoms with van der Waals surface area (Å²) in [6.07, 6.45) is 8.10. The summed E-state index contributed by atoms with van der Waals surface area (Å²) >= 11 is 0. The van der Waals surface area contributed by atoms with Gasteiger partial charge < -0.3 is 15.4 Å². The largest absolute Gasteiger partial charge is 0.474 e. The lowest BCUT2D eigenvalue weighted by Crippen LogP contribution is -2.20. The van der Waals surface area contributed by atoms with Crippen LogP contribution in [0, 0.1) is 0 Å². The molecule has 2 N–H and O–H groups in total. The van der Waals surface area contributed by atoms with Gasteiger partial charge in [-0.2, -0.15) is 0 Å². The summed E-state index contributed by atoms with van der Waals surface area (Å²) in [7, 11) is 1.96. The van der Waals surface area contributed by atoms with Crippen molar-refractivity contribution in [1.82, 2.24) is 15.3 Å². The number of nitrogens with zero attached hydrogens (tertiary/aromatic N) is 2. The van der Waals surface area contributed by atoms with Crippen molar-refractivity contribution in [1.29, 1.82) is 0 Å². The summed E-state index contributed by atoms with van der Waals surface area (Å²) in [5.74, 6) is 0.712. The zero-order valence-electron chi connectivity index (χ0n) is 16.4. The molecule has 1 aromatic carbocycles. The van der Waals surface area contributed by atoms with E-state index in [0.717, 1.165) is 53.8 Å². The number of hydrogen-bond acceptors (Lipinski definition) is 5. The maximum atomic E-state index is 6.35. The molecule has 0 bridgehead atoms. The van der Waals surface area contributed by atoms with Crippen molar-refractivity contribution >= 4 is 16.6 Å². The third-order valence-corrected chi connectivity index (χ3v) is 5.28. The smallest absolute Gasteiger partial charge is 0.223 e. The molecule has 0 spiro atoms. The quantitative estimate of drug-likeness (QED) is 0.588. The van der Waals surface area contributed by atoms with E-state index >= 15 is 0 Å². The molecule has 0 unspecified atom stereocenters. The number of benzene rings is 1. The zero-order valence-corrected chi connectivity index (χ0v) is 16.4. The molecule has 5 nitrogen and oxygen atoms in total. The first-order chi connectivity index (χ1) is 13.8. The molecule has 1 aliphatic carbocycles. The number of likely N-dealkylation sites (N-methyl/N-ethyl adjacent to an activating group) is 1. The second kappa shape index (κ2) is 9.02. The number of nitrogens with one attached hydrogen (secondary N) is 2. The Hall–Kier alpha value is -2.66. The van der Waals surface area contributed by atoms with Crippen molar-refractivity contribution in [3.05, 3.63) is 48.7 Å². The fourth-order valence-electron chi connectivity index (χ4n) is 3.71. The van der Waals surface area contributed by atoms with Gasteiger partial charge in [-0.1, -0.05) is 18.6 Å². The van der Waals surface area contributed by atoms with E-state index in [-0.39, 0.29) is 6.10 Å². The minimum Gasteiger partial charge on any atom is -0.474 e. The van der Waals surface area contributed by atoms with Crippen LogP contribution in [-0.2, 0) is 0 Å². The molecule has 146 valence electrons. The van der Waals surface area contributed by atoms with Gasteiger partial charge in [0, 0.05) is 30.5 Å². The van der Waals surface area contributed by atoms with Crippen molar-refractivity contribution in [3.63, 3.8) is 0 Å². The average Bonchev–Trinajstić information content (AvgIpc) is 2.75. The molecule has 4 rings (SSSR count). The fraction of sp³-hybridized carbons (Fsp3) is 0.391. The van der Waals surface area contributed by atoms with E-state index < -0.39 is 0 Å². The highest BCUT2D eigenvalue weighted by Gasteiger charge is 2.18. The molecular weight excluding hydrogens is 348 g/mol. The molecule has 1 fully saturated rings. The Kier molecular flexibility index (Phi) is 6.02. The third-order valence-electron chi connectivity index (χ3n) is 5.28.